The number of aryl methyl sites for hydroxylation is 1. The average molecular weight is 230 g/mol. The van der Waals surface area contributed by atoms with Crippen LogP contribution in [0.5, 0.6) is 0 Å². The Kier molecular flexibility index (Phi) is 3.26. The van der Waals surface area contributed by atoms with E-state index in [4.69, 9.17) is 5.21 Å². The first-order valence-corrected chi connectivity index (χ1v) is 4.57. The molecule has 0 bridgehead atoms. The Bertz CT molecular complexity index is 286. The van der Waals surface area contributed by atoms with Crippen molar-refractivity contribution in [2.24, 2.45) is 0 Å². The molecule has 0 fully saturated rings. The standard InChI is InChI=1S/C9H12BrNO/c1-6-3-9(10)4-8(5-11-12)7(6)2/h3-4,11-12H,5H2,1-2H3. The predicted octanol–water partition coefficient (Wildman–Crippen LogP) is 2.54. The van der Waals surface area contributed by atoms with Crippen molar-refractivity contribution in [1.82, 2.24) is 5.48 Å². The van der Waals surface area contributed by atoms with E-state index < -0.39 is 0 Å². The van der Waals surface area contributed by atoms with E-state index in [1.807, 2.05) is 6.07 Å². The Labute approximate surface area is 80.7 Å². The Morgan fingerprint density at radius 2 is 2.08 bits per heavy atom. The molecule has 0 aliphatic rings. The molecule has 0 spiro atoms. The summed E-state index contributed by atoms with van der Waals surface area (Å²) in [5, 5.41) is 8.56. The lowest BCUT2D eigenvalue weighted by atomic mass is 10.0. The third kappa shape index (κ3) is 2.06. The minimum atomic E-state index is 0.492. The summed E-state index contributed by atoms with van der Waals surface area (Å²) in [6, 6.07) is 4.07. The molecule has 0 radical (unpaired) electrons. The quantitative estimate of drug-likeness (QED) is 0.765. The van der Waals surface area contributed by atoms with Gasteiger partial charge < -0.3 is 5.21 Å². The zero-order valence-electron chi connectivity index (χ0n) is 7.19. The molecule has 66 valence electrons. The van der Waals surface area contributed by atoms with Gasteiger partial charge in [0.25, 0.3) is 0 Å². The minimum absolute atomic E-state index is 0.492. The van der Waals surface area contributed by atoms with Gasteiger partial charge in [0.1, 0.15) is 0 Å². The first-order valence-electron chi connectivity index (χ1n) is 3.77. The van der Waals surface area contributed by atoms with Gasteiger partial charge in [-0.25, -0.2) is 5.48 Å². The molecule has 0 aliphatic heterocycles. The van der Waals surface area contributed by atoms with Gasteiger partial charge in [-0.15, -0.1) is 0 Å². The van der Waals surface area contributed by atoms with E-state index in [2.05, 4.69) is 41.3 Å². The summed E-state index contributed by atoms with van der Waals surface area (Å²) in [6.45, 7) is 4.60. The highest BCUT2D eigenvalue weighted by Crippen LogP contribution is 2.19. The number of hydrogen-bond acceptors (Lipinski definition) is 2. The van der Waals surface area contributed by atoms with Crippen LogP contribution in [0.4, 0.5) is 0 Å². The topological polar surface area (TPSA) is 32.3 Å². The zero-order valence-corrected chi connectivity index (χ0v) is 8.77. The molecule has 1 rings (SSSR count). The summed E-state index contributed by atoms with van der Waals surface area (Å²) < 4.78 is 1.05. The third-order valence-corrected chi connectivity index (χ3v) is 2.47. The lowest BCUT2D eigenvalue weighted by Gasteiger charge is -2.08. The number of hydroxylamine groups is 1. The van der Waals surface area contributed by atoms with Gasteiger partial charge in [0, 0.05) is 11.0 Å². The van der Waals surface area contributed by atoms with E-state index in [9.17, 15) is 0 Å². The number of halogens is 1. The summed E-state index contributed by atoms with van der Waals surface area (Å²) in [6.07, 6.45) is 0. The molecule has 1 aromatic rings. The maximum absolute atomic E-state index is 8.56. The lowest BCUT2D eigenvalue weighted by molar-refractivity contribution is 0.161. The van der Waals surface area contributed by atoms with E-state index in [0.717, 1.165) is 10.0 Å². The van der Waals surface area contributed by atoms with E-state index in [1.165, 1.54) is 11.1 Å². The number of nitrogens with one attached hydrogen (secondary N) is 1. The van der Waals surface area contributed by atoms with Crippen molar-refractivity contribution in [1.29, 1.82) is 0 Å². The van der Waals surface area contributed by atoms with Gasteiger partial charge in [-0.05, 0) is 42.7 Å². The van der Waals surface area contributed by atoms with Gasteiger partial charge in [0.15, 0.2) is 0 Å². The number of benzene rings is 1. The van der Waals surface area contributed by atoms with Crippen molar-refractivity contribution in [3.05, 3.63) is 33.3 Å². The van der Waals surface area contributed by atoms with E-state index >= 15 is 0 Å². The molecule has 0 aliphatic carbocycles. The highest BCUT2D eigenvalue weighted by atomic mass is 79.9. The molecule has 0 amide bonds. The Morgan fingerprint density at radius 1 is 1.42 bits per heavy atom. The van der Waals surface area contributed by atoms with E-state index in [-0.39, 0.29) is 0 Å². The second-order valence-corrected chi connectivity index (χ2v) is 3.76. The molecular formula is C9H12BrNO. The van der Waals surface area contributed by atoms with Crippen molar-refractivity contribution in [3.8, 4) is 0 Å². The maximum atomic E-state index is 8.56. The molecule has 0 aromatic heterocycles. The third-order valence-electron chi connectivity index (χ3n) is 2.01. The van der Waals surface area contributed by atoms with E-state index in [0.29, 0.717) is 6.54 Å². The van der Waals surface area contributed by atoms with Crippen molar-refractivity contribution >= 4 is 15.9 Å². The van der Waals surface area contributed by atoms with Crippen LogP contribution in [0.25, 0.3) is 0 Å². The first kappa shape index (κ1) is 9.71. The minimum Gasteiger partial charge on any atom is -0.316 e. The molecule has 1 aromatic carbocycles. The highest BCUT2D eigenvalue weighted by Gasteiger charge is 2.01. The van der Waals surface area contributed by atoms with Gasteiger partial charge in [-0.1, -0.05) is 15.9 Å². The highest BCUT2D eigenvalue weighted by molar-refractivity contribution is 9.10. The SMILES string of the molecule is Cc1cc(Br)cc(CNO)c1C. The number of rotatable bonds is 2. The van der Waals surface area contributed by atoms with Gasteiger partial charge >= 0.3 is 0 Å². The van der Waals surface area contributed by atoms with Crippen LogP contribution in [0.1, 0.15) is 16.7 Å². The molecule has 2 nitrogen and oxygen atoms in total. The van der Waals surface area contributed by atoms with Crippen LogP contribution in [-0.2, 0) is 6.54 Å². The van der Waals surface area contributed by atoms with Crippen molar-refractivity contribution < 1.29 is 5.21 Å². The molecule has 12 heavy (non-hydrogen) atoms. The molecule has 0 unspecified atom stereocenters. The maximum Gasteiger partial charge on any atom is 0.0461 e. The molecule has 0 atom stereocenters. The second-order valence-electron chi connectivity index (χ2n) is 2.84. The lowest BCUT2D eigenvalue weighted by Crippen LogP contribution is -2.08. The predicted molar refractivity (Wildman–Crippen MR) is 52.2 cm³/mol. The van der Waals surface area contributed by atoms with Crippen LogP contribution in [-0.4, -0.2) is 5.21 Å². The van der Waals surface area contributed by atoms with Crippen LogP contribution < -0.4 is 5.48 Å². The summed E-state index contributed by atoms with van der Waals surface area (Å²) in [5.74, 6) is 0. The normalized spacial score (nSPS) is 10.3. The summed E-state index contributed by atoms with van der Waals surface area (Å²) in [5.41, 5.74) is 5.73. The van der Waals surface area contributed by atoms with Gasteiger partial charge in [0.05, 0.1) is 0 Å². The fourth-order valence-corrected chi connectivity index (χ4v) is 1.77. The summed E-state index contributed by atoms with van der Waals surface area (Å²) >= 11 is 3.41. The van der Waals surface area contributed by atoms with Crippen LogP contribution >= 0.6 is 15.9 Å². The monoisotopic (exact) mass is 229 g/mol. The summed E-state index contributed by atoms with van der Waals surface area (Å²) in [7, 11) is 0. The molecule has 0 heterocycles. The van der Waals surface area contributed by atoms with Crippen molar-refractivity contribution in [2.75, 3.05) is 0 Å². The molecule has 0 saturated carbocycles. The smallest absolute Gasteiger partial charge is 0.0461 e. The Balaban J connectivity index is 3.09. The van der Waals surface area contributed by atoms with Crippen LogP contribution in [0, 0.1) is 13.8 Å². The Hall–Kier alpha value is -0.380. The number of hydrogen-bond donors (Lipinski definition) is 2. The average Bonchev–Trinajstić information content (AvgIpc) is 2.00. The fraction of sp³-hybridized carbons (Fsp3) is 0.333. The van der Waals surface area contributed by atoms with Crippen molar-refractivity contribution in [2.45, 2.75) is 20.4 Å². The van der Waals surface area contributed by atoms with Gasteiger partial charge in [0.2, 0.25) is 0 Å². The van der Waals surface area contributed by atoms with E-state index in [1.54, 1.807) is 0 Å². The van der Waals surface area contributed by atoms with Crippen LogP contribution in [0.15, 0.2) is 16.6 Å². The molecule has 2 N–H and O–H groups in total. The van der Waals surface area contributed by atoms with Crippen molar-refractivity contribution in [3.63, 3.8) is 0 Å². The van der Waals surface area contributed by atoms with Crippen LogP contribution in [0.2, 0.25) is 0 Å². The van der Waals surface area contributed by atoms with Gasteiger partial charge in [-0.3, -0.25) is 0 Å². The summed E-state index contributed by atoms with van der Waals surface area (Å²) in [4.78, 5) is 0. The molecular weight excluding hydrogens is 218 g/mol. The first-order chi connectivity index (χ1) is 5.65. The molecule has 3 heteroatoms. The Morgan fingerprint density at radius 3 is 2.67 bits per heavy atom. The molecule has 0 saturated heterocycles. The fourth-order valence-electron chi connectivity index (χ4n) is 1.15. The zero-order chi connectivity index (χ0) is 9.14. The van der Waals surface area contributed by atoms with Gasteiger partial charge in [-0.2, -0.15) is 0 Å². The largest absolute Gasteiger partial charge is 0.316 e. The second kappa shape index (κ2) is 4.03. The van der Waals surface area contributed by atoms with Crippen LogP contribution in [0.3, 0.4) is 0 Å².